The van der Waals surface area contributed by atoms with Crippen molar-refractivity contribution in [3.05, 3.63) is 183 Å². The largest absolute Gasteiger partial charge is 0.254 e. The van der Waals surface area contributed by atoms with E-state index in [2.05, 4.69) is 158 Å². The third-order valence-corrected chi connectivity index (χ3v) is 11.5. The molecule has 0 fully saturated rings. The van der Waals surface area contributed by atoms with Crippen molar-refractivity contribution in [1.82, 2.24) is 19.9 Å². The second-order valence-corrected chi connectivity index (χ2v) is 14.6. The van der Waals surface area contributed by atoms with Crippen molar-refractivity contribution in [1.29, 1.82) is 0 Å². The van der Waals surface area contributed by atoms with Gasteiger partial charge in [0.2, 0.25) is 0 Å². The maximum Gasteiger partial charge on any atom is 0.0964 e. The van der Waals surface area contributed by atoms with Gasteiger partial charge in [-0.3, -0.25) is 19.9 Å². The van der Waals surface area contributed by atoms with Gasteiger partial charge < -0.3 is 0 Å². The molecule has 0 atom stereocenters. The van der Waals surface area contributed by atoms with Crippen LogP contribution in [0.15, 0.2) is 183 Å². The quantitative estimate of drug-likeness (QED) is 0.171. The van der Waals surface area contributed by atoms with Gasteiger partial charge in [-0.1, -0.05) is 133 Å². The normalized spacial score (nSPS) is 11.9. The summed E-state index contributed by atoms with van der Waals surface area (Å²) >= 11 is 0. The minimum atomic E-state index is 0.892. The molecule has 4 heteroatoms. The molecule has 11 aromatic rings. The van der Waals surface area contributed by atoms with E-state index in [-0.39, 0.29) is 0 Å². The van der Waals surface area contributed by atoms with E-state index in [4.69, 9.17) is 19.9 Å². The average Bonchev–Trinajstić information content (AvgIpc) is 3.60. The molecule has 0 spiro atoms. The molecule has 0 radical (unpaired) electrons. The van der Waals surface area contributed by atoms with E-state index in [0.717, 1.165) is 77.0 Å². The van der Waals surface area contributed by atoms with Crippen molar-refractivity contribution >= 4 is 54.4 Å². The summed E-state index contributed by atoms with van der Waals surface area (Å²) in [5, 5.41) is 6.75. The molecule has 12 rings (SSSR count). The SMILES string of the molecule is c1ccc(-c2c(-c3cnc4c(ccc5cccnc54)c3)c(-c3cnc4c(ccc5cccnc54)c3)c(-c3ccccc3)c3c2-c2cccc4cccc-3c24)cc1. The molecule has 0 amide bonds. The van der Waals surface area contributed by atoms with Gasteiger partial charge in [0.25, 0.3) is 0 Å². The standard InChI is InChI=1S/C52H30N4/c1-3-11-32(12-4-1)43-45(38-27-36-23-21-34-17-9-25-53-49(34)51(36)55-29-38)46(39-28-37-24-22-35-18-10-26-54-50(35)52(37)56-30-39)44(33-13-5-2-6-14-33)48-41-20-8-16-31-15-7-19-40(42(31)41)47(43)48/h1-30H. The van der Waals surface area contributed by atoms with Gasteiger partial charge in [0.1, 0.15) is 0 Å². The zero-order valence-electron chi connectivity index (χ0n) is 30.1. The number of aromatic nitrogens is 4. The first-order valence-corrected chi connectivity index (χ1v) is 19.0. The van der Waals surface area contributed by atoms with E-state index in [1.165, 1.54) is 44.2 Å². The fourth-order valence-electron chi connectivity index (χ4n) is 9.16. The molecular formula is C52H30N4. The van der Waals surface area contributed by atoms with Crippen LogP contribution in [0, 0.1) is 0 Å². The zero-order chi connectivity index (χ0) is 36.7. The summed E-state index contributed by atoms with van der Waals surface area (Å²) < 4.78 is 0. The first-order valence-electron chi connectivity index (χ1n) is 19.0. The van der Waals surface area contributed by atoms with Gasteiger partial charge in [-0.15, -0.1) is 0 Å². The molecule has 0 aliphatic heterocycles. The van der Waals surface area contributed by atoms with Crippen LogP contribution in [0.25, 0.3) is 121 Å². The monoisotopic (exact) mass is 710 g/mol. The Morgan fingerprint density at radius 2 is 0.679 bits per heavy atom. The molecule has 4 aromatic heterocycles. The number of nitrogens with zero attached hydrogens (tertiary/aromatic N) is 4. The van der Waals surface area contributed by atoms with Gasteiger partial charge in [-0.2, -0.15) is 0 Å². The Labute approximate surface area is 322 Å². The van der Waals surface area contributed by atoms with Crippen molar-refractivity contribution in [3.63, 3.8) is 0 Å². The molecule has 0 saturated heterocycles. The summed E-state index contributed by atoms with van der Waals surface area (Å²) in [6.45, 7) is 0. The van der Waals surface area contributed by atoms with Gasteiger partial charge in [0.15, 0.2) is 0 Å². The Morgan fingerprint density at radius 1 is 0.268 bits per heavy atom. The lowest BCUT2D eigenvalue weighted by atomic mass is 9.77. The number of benzene rings is 7. The molecule has 0 saturated carbocycles. The van der Waals surface area contributed by atoms with E-state index in [9.17, 15) is 0 Å². The minimum absolute atomic E-state index is 0.892. The van der Waals surface area contributed by atoms with Crippen LogP contribution in [0.1, 0.15) is 0 Å². The van der Waals surface area contributed by atoms with Crippen LogP contribution in [-0.2, 0) is 0 Å². The van der Waals surface area contributed by atoms with Crippen molar-refractivity contribution in [2.24, 2.45) is 0 Å². The maximum atomic E-state index is 5.23. The Balaban J connectivity index is 1.30. The second-order valence-electron chi connectivity index (χ2n) is 14.6. The maximum absolute atomic E-state index is 5.23. The first-order chi connectivity index (χ1) is 27.8. The van der Waals surface area contributed by atoms with Gasteiger partial charge in [-0.25, -0.2) is 0 Å². The highest BCUT2D eigenvalue weighted by Crippen LogP contribution is 2.60. The predicted molar refractivity (Wildman–Crippen MR) is 231 cm³/mol. The lowest BCUT2D eigenvalue weighted by Gasteiger charge is -2.26. The minimum Gasteiger partial charge on any atom is -0.254 e. The van der Waals surface area contributed by atoms with E-state index in [1.807, 2.05) is 24.5 Å². The molecule has 0 N–H and O–H groups in total. The number of hydrogen-bond acceptors (Lipinski definition) is 4. The molecular weight excluding hydrogens is 681 g/mol. The van der Waals surface area contributed by atoms with E-state index in [1.54, 1.807) is 0 Å². The van der Waals surface area contributed by atoms with Crippen LogP contribution >= 0.6 is 0 Å². The zero-order valence-corrected chi connectivity index (χ0v) is 30.1. The molecule has 7 aromatic carbocycles. The van der Waals surface area contributed by atoms with E-state index in [0.29, 0.717) is 0 Å². The average molecular weight is 711 g/mol. The fraction of sp³-hybridized carbons (Fsp3) is 0. The molecule has 56 heavy (non-hydrogen) atoms. The smallest absolute Gasteiger partial charge is 0.0964 e. The van der Waals surface area contributed by atoms with Crippen molar-refractivity contribution in [2.75, 3.05) is 0 Å². The Morgan fingerprint density at radius 3 is 1.16 bits per heavy atom. The van der Waals surface area contributed by atoms with Crippen LogP contribution < -0.4 is 0 Å². The van der Waals surface area contributed by atoms with Crippen molar-refractivity contribution in [2.45, 2.75) is 0 Å². The Bertz CT molecular complexity index is 3190. The van der Waals surface area contributed by atoms with Crippen molar-refractivity contribution < 1.29 is 0 Å². The summed E-state index contributed by atoms with van der Waals surface area (Å²) in [5.74, 6) is 0. The van der Waals surface area contributed by atoms with Crippen LogP contribution in [0.4, 0.5) is 0 Å². The first kappa shape index (κ1) is 30.9. The van der Waals surface area contributed by atoms with Crippen molar-refractivity contribution in [3.8, 4) is 66.8 Å². The van der Waals surface area contributed by atoms with Crippen LogP contribution in [0.3, 0.4) is 0 Å². The summed E-state index contributed by atoms with van der Waals surface area (Å²) in [5.41, 5.74) is 17.5. The Kier molecular flexibility index (Phi) is 6.60. The Hall–Kier alpha value is -7.56. The molecule has 4 nitrogen and oxygen atoms in total. The molecule has 1 aliphatic rings. The number of hydrogen-bond donors (Lipinski definition) is 0. The predicted octanol–water partition coefficient (Wildman–Crippen LogP) is 13.3. The lowest BCUT2D eigenvalue weighted by Crippen LogP contribution is -2.00. The number of rotatable bonds is 4. The highest BCUT2D eigenvalue weighted by atomic mass is 14.7. The van der Waals surface area contributed by atoms with Crippen LogP contribution in [0.5, 0.6) is 0 Å². The molecule has 258 valence electrons. The summed E-state index contributed by atoms with van der Waals surface area (Å²) in [4.78, 5) is 20.0. The fourth-order valence-corrected chi connectivity index (χ4v) is 9.16. The summed E-state index contributed by atoms with van der Waals surface area (Å²) in [6.07, 6.45) is 7.80. The third-order valence-electron chi connectivity index (χ3n) is 11.5. The van der Waals surface area contributed by atoms with E-state index >= 15 is 0 Å². The topological polar surface area (TPSA) is 51.6 Å². The summed E-state index contributed by atoms with van der Waals surface area (Å²) in [6, 6.07) is 56.6. The third kappa shape index (κ3) is 4.47. The van der Waals surface area contributed by atoms with Gasteiger partial charge >= 0.3 is 0 Å². The highest BCUT2D eigenvalue weighted by molar-refractivity contribution is 6.26. The van der Waals surface area contributed by atoms with E-state index < -0.39 is 0 Å². The van der Waals surface area contributed by atoms with Gasteiger partial charge in [-0.05, 0) is 79.5 Å². The lowest BCUT2D eigenvalue weighted by molar-refractivity contribution is 1.37. The molecule has 1 aliphatic carbocycles. The molecule has 4 heterocycles. The van der Waals surface area contributed by atoms with Crippen LogP contribution in [0.2, 0.25) is 0 Å². The number of pyridine rings is 4. The molecule has 0 bridgehead atoms. The second kappa shape index (κ2) is 12.0. The summed E-state index contributed by atoms with van der Waals surface area (Å²) in [7, 11) is 0. The number of fused-ring (bicyclic) bond motifs is 9. The van der Waals surface area contributed by atoms with Crippen LogP contribution in [-0.4, -0.2) is 19.9 Å². The molecule has 0 unspecified atom stereocenters. The highest BCUT2D eigenvalue weighted by Gasteiger charge is 2.34. The van der Waals surface area contributed by atoms with Gasteiger partial charge in [0, 0.05) is 68.6 Å². The van der Waals surface area contributed by atoms with Gasteiger partial charge in [0.05, 0.1) is 22.1 Å².